The van der Waals surface area contributed by atoms with Gasteiger partial charge < -0.3 is 0 Å². The molecule has 1 aliphatic heterocycles. The summed E-state index contributed by atoms with van der Waals surface area (Å²) in [5.74, 6) is 0.238. The van der Waals surface area contributed by atoms with Crippen LogP contribution in [0.2, 0.25) is 4.82 Å². The monoisotopic (exact) mass is 462 g/mol. The first-order valence-electron chi connectivity index (χ1n) is 4.41. The van der Waals surface area contributed by atoms with E-state index in [1.807, 2.05) is 12.1 Å². The first-order chi connectivity index (χ1) is 6.96. The molecule has 0 saturated heterocycles. The molecule has 82 valence electrons. The molecule has 0 aliphatic carbocycles. The van der Waals surface area contributed by atoms with E-state index in [4.69, 9.17) is 0 Å². The van der Waals surface area contributed by atoms with Gasteiger partial charge in [0.25, 0.3) is 0 Å². The molecule has 1 heterocycles. The molecule has 2 unspecified atom stereocenters. The predicted octanol–water partition coefficient (Wildman–Crippen LogP) is 3.53. The molecule has 1 aliphatic rings. The van der Waals surface area contributed by atoms with Crippen LogP contribution in [0.1, 0.15) is 17.3 Å². The summed E-state index contributed by atoms with van der Waals surface area (Å²) in [5, 5.41) is 0. The molecule has 1 aromatic carbocycles. The maximum absolute atomic E-state index is 11.7. The van der Waals surface area contributed by atoms with Gasteiger partial charge in [-0.15, -0.1) is 0 Å². The fourth-order valence-electron chi connectivity index (χ4n) is 1.82. The standard InChI is InChI=1S/C10H9Br3OSe/c1-6(14)10-9(11)7-4-2-3-5-8(7)15(10,12)13/h2-5,9-10H,1H3. The molecule has 0 aromatic heterocycles. The fraction of sp³-hybridized carbons (Fsp3) is 0.300. The second-order valence-electron chi connectivity index (χ2n) is 3.48. The van der Waals surface area contributed by atoms with Crippen LogP contribution in [0.5, 0.6) is 0 Å². The molecule has 15 heavy (non-hydrogen) atoms. The van der Waals surface area contributed by atoms with Crippen molar-refractivity contribution in [1.82, 2.24) is 0 Å². The van der Waals surface area contributed by atoms with Gasteiger partial charge in [0.05, 0.1) is 0 Å². The van der Waals surface area contributed by atoms with Crippen molar-refractivity contribution in [2.45, 2.75) is 16.6 Å². The van der Waals surface area contributed by atoms with Crippen LogP contribution in [0, 0.1) is 0 Å². The van der Waals surface area contributed by atoms with Crippen LogP contribution in [-0.2, 0) is 4.79 Å². The SMILES string of the molecule is CC(=O)C1C(Br)c2ccccc2[Se]1(Br)Br. The number of alkyl halides is 1. The Morgan fingerprint density at radius 2 is 1.93 bits per heavy atom. The molecule has 1 nitrogen and oxygen atoms in total. The molecular weight excluding hydrogens is 455 g/mol. The number of hydrogen-bond acceptors (Lipinski definition) is 1. The van der Waals surface area contributed by atoms with Gasteiger partial charge in [0.15, 0.2) is 0 Å². The number of carbonyl (C=O) groups excluding carboxylic acids is 1. The Morgan fingerprint density at radius 1 is 1.33 bits per heavy atom. The Morgan fingerprint density at radius 3 is 2.47 bits per heavy atom. The normalized spacial score (nSPS) is 29.6. The summed E-state index contributed by atoms with van der Waals surface area (Å²) in [6.07, 6.45) is 0. The first-order valence-corrected chi connectivity index (χ1v) is 15.2. The van der Waals surface area contributed by atoms with Crippen molar-refractivity contribution in [2.24, 2.45) is 0 Å². The third-order valence-corrected chi connectivity index (χ3v) is 16.7. The molecule has 0 radical (unpaired) electrons. The van der Waals surface area contributed by atoms with E-state index in [1.165, 1.54) is 10.0 Å². The number of Topliss-reactive ketones (excluding diaryl/α,β-unsaturated/α-hetero) is 1. The molecule has 1 aromatic rings. The number of benzene rings is 1. The van der Waals surface area contributed by atoms with Crippen LogP contribution in [0.4, 0.5) is 0 Å². The summed E-state index contributed by atoms with van der Waals surface area (Å²) < 4.78 is 1.29. The van der Waals surface area contributed by atoms with Crippen molar-refractivity contribution in [3.63, 3.8) is 0 Å². The van der Waals surface area contributed by atoms with E-state index in [0.717, 1.165) is 0 Å². The van der Waals surface area contributed by atoms with Crippen LogP contribution in [0.15, 0.2) is 24.3 Å². The van der Waals surface area contributed by atoms with E-state index in [1.54, 1.807) is 6.92 Å². The summed E-state index contributed by atoms with van der Waals surface area (Å²) in [4.78, 5) is 11.9. The number of fused-ring (bicyclic) bond motifs is 1. The molecule has 0 spiro atoms. The molecule has 0 saturated carbocycles. The van der Waals surface area contributed by atoms with Crippen molar-refractivity contribution in [2.75, 3.05) is 0 Å². The molecule has 0 fully saturated rings. The average Bonchev–Trinajstić information content (AvgIpc) is 2.36. The van der Waals surface area contributed by atoms with Crippen LogP contribution in [0.3, 0.4) is 0 Å². The van der Waals surface area contributed by atoms with Gasteiger partial charge in [0, 0.05) is 0 Å². The Kier molecular flexibility index (Phi) is 3.50. The Bertz CT molecular complexity index is 419. The zero-order valence-corrected chi connectivity index (χ0v) is 14.4. The predicted molar refractivity (Wildman–Crippen MR) is 75.8 cm³/mol. The number of rotatable bonds is 1. The third kappa shape index (κ3) is 1.91. The minimum atomic E-state index is -2.18. The summed E-state index contributed by atoms with van der Waals surface area (Å²) >= 11 is 11.2. The van der Waals surface area contributed by atoms with Gasteiger partial charge in [-0.25, -0.2) is 0 Å². The number of carbonyl (C=O) groups is 1. The van der Waals surface area contributed by atoms with Crippen molar-refractivity contribution in [1.29, 1.82) is 0 Å². The zero-order valence-electron chi connectivity index (χ0n) is 7.91. The van der Waals surface area contributed by atoms with Crippen molar-refractivity contribution < 1.29 is 4.79 Å². The van der Waals surface area contributed by atoms with Gasteiger partial charge in [-0.1, -0.05) is 0 Å². The molecule has 0 bridgehead atoms. The Balaban J connectivity index is 2.59. The fourth-order valence-corrected chi connectivity index (χ4v) is 19.7. The van der Waals surface area contributed by atoms with E-state index in [2.05, 4.69) is 56.3 Å². The van der Waals surface area contributed by atoms with Crippen LogP contribution >= 0.6 is 44.2 Å². The number of ketones is 1. The number of halogens is 3. The maximum atomic E-state index is 11.7. The van der Waals surface area contributed by atoms with Gasteiger partial charge in [0.1, 0.15) is 0 Å². The van der Waals surface area contributed by atoms with Gasteiger partial charge in [-0.3, -0.25) is 0 Å². The first kappa shape index (κ1) is 12.3. The second-order valence-corrected chi connectivity index (χ2v) is 23.7. The molecule has 2 atom stereocenters. The van der Waals surface area contributed by atoms with Crippen LogP contribution < -0.4 is 4.46 Å². The second kappa shape index (κ2) is 4.26. The summed E-state index contributed by atoms with van der Waals surface area (Å²) in [6.45, 7) is 1.67. The summed E-state index contributed by atoms with van der Waals surface area (Å²) in [5.41, 5.74) is 1.24. The van der Waals surface area contributed by atoms with Gasteiger partial charge >= 0.3 is 115 Å². The van der Waals surface area contributed by atoms with E-state index < -0.39 is 9.23 Å². The van der Waals surface area contributed by atoms with Crippen molar-refractivity contribution in [3.8, 4) is 0 Å². The summed E-state index contributed by atoms with van der Waals surface area (Å²) in [7, 11) is -2.18. The number of hydrogen-bond donors (Lipinski definition) is 0. The van der Waals surface area contributed by atoms with Crippen molar-refractivity contribution in [3.05, 3.63) is 29.8 Å². The topological polar surface area (TPSA) is 17.1 Å². The van der Waals surface area contributed by atoms with Gasteiger partial charge in [-0.2, -0.15) is 0 Å². The molecule has 0 N–H and O–H groups in total. The molecule has 2 rings (SSSR count). The Hall–Kier alpha value is 0.849. The Labute approximate surface area is 114 Å². The van der Waals surface area contributed by atoms with Crippen LogP contribution in [-0.4, -0.2) is 15.0 Å². The van der Waals surface area contributed by atoms with E-state index in [-0.39, 0.29) is 15.4 Å². The van der Waals surface area contributed by atoms with E-state index >= 15 is 0 Å². The molecule has 0 amide bonds. The quantitative estimate of drug-likeness (QED) is 0.460. The third-order valence-electron chi connectivity index (χ3n) is 2.49. The molecule has 5 heteroatoms. The van der Waals surface area contributed by atoms with E-state index in [9.17, 15) is 4.79 Å². The van der Waals surface area contributed by atoms with Gasteiger partial charge in [-0.05, 0) is 0 Å². The van der Waals surface area contributed by atoms with E-state index in [0.29, 0.717) is 0 Å². The average molecular weight is 464 g/mol. The van der Waals surface area contributed by atoms with Crippen molar-refractivity contribution >= 4 is 63.6 Å². The summed E-state index contributed by atoms with van der Waals surface area (Å²) in [6, 6.07) is 8.24. The van der Waals surface area contributed by atoms with Crippen LogP contribution in [0.25, 0.3) is 0 Å². The molecular formula is C10H9Br3OSe. The zero-order chi connectivity index (χ0) is 11.2. The minimum absolute atomic E-state index is 0.0404. The van der Waals surface area contributed by atoms with Gasteiger partial charge in [0.2, 0.25) is 0 Å².